The van der Waals surface area contributed by atoms with Crippen LogP contribution in [0.3, 0.4) is 0 Å². The third kappa shape index (κ3) is 3.39. The van der Waals surface area contributed by atoms with Gasteiger partial charge >= 0.3 is 0 Å². The lowest BCUT2D eigenvalue weighted by Gasteiger charge is -2.16. The molecule has 0 bridgehead atoms. The van der Waals surface area contributed by atoms with E-state index in [-0.39, 0.29) is 0 Å². The van der Waals surface area contributed by atoms with Crippen LogP contribution in [0.4, 0.5) is 5.82 Å². The molecule has 6 nitrogen and oxygen atoms in total. The minimum atomic E-state index is 0.627. The van der Waals surface area contributed by atoms with Crippen LogP contribution in [0, 0.1) is 0 Å². The fraction of sp³-hybridized carbons (Fsp3) is 0.333. The Balaban J connectivity index is 2.03. The van der Waals surface area contributed by atoms with Gasteiger partial charge < -0.3 is 15.0 Å². The molecule has 0 saturated heterocycles. The molecule has 0 unspecified atom stereocenters. The molecule has 1 aromatic carbocycles. The highest BCUT2D eigenvalue weighted by Gasteiger charge is 2.12. The molecule has 0 saturated carbocycles. The second-order valence-corrected chi connectivity index (χ2v) is 5.93. The summed E-state index contributed by atoms with van der Waals surface area (Å²) in [6, 6.07) is 8.42. The molecule has 3 aromatic rings. The Kier molecular flexibility index (Phi) is 5.08. The Morgan fingerprint density at radius 1 is 1.21 bits per heavy atom. The number of ether oxygens (including phenoxy) is 1. The van der Waals surface area contributed by atoms with Crippen LogP contribution in [0.15, 0.2) is 42.9 Å². The summed E-state index contributed by atoms with van der Waals surface area (Å²) in [6.07, 6.45) is 5.68. The summed E-state index contributed by atoms with van der Waals surface area (Å²) in [5, 5.41) is 3.27. The molecule has 0 aliphatic heterocycles. The average molecular weight is 325 g/mol. The number of hydrogen-bond donors (Lipinski definition) is 1. The van der Waals surface area contributed by atoms with Crippen molar-refractivity contribution in [1.82, 2.24) is 19.3 Å². The molecule has 24 heavy (non-hydrogen) atoms. The summed E-state index contributed by atoms with van der Waals surface area (Å²) in [6.45, 7) is 2.20. The van der Waals surface area contributed by atoms with Crippen molar-refractivity contribution in [2.75, 3.05) is 39.7 Å². The normalized spacial score (nSPS) is 11.3. The van der Waals surface area contributed by atoms with Crippen molar-refractivity contribution in [1.29, 1.82) is 0 Å². The number of methoxy groups -OCH3 is 1. The lowest BCUT2D eigenvalue weighted by Crippen LogP contribution is -2.12. The van der Waals surface area contributed by atoms with Gasteiger partial charge in [0, 0.05) is 38.2 Å². The maximum atomic E-state index is 5.08. The molecule has 1 N–H and O–H groups in total. The predicted octanol–water partition coefficient (Wildman–Crippen LogP) is 2.52. The molecule has 0 radical (unpaired) electrons. The number of rotatable bonds is 7. The van der Waals surface area contributed by atoms with E-state index >= 15 is 0 Å². The van der Waals surface area contributed by atoms with Crippen molar-refractivity contribution in [3.8, 4) is 11.3 Å². The summed E-state index contributed by atoms with van der Waals surface area (Å²) in [5.41, 5.74) is 4.30. The maximum absolute atomic E-state index is 5.08. The van der Waals surface area contributed by atoms with Gasteiger partial charge in [0.2, 0.25) is 0 Å². The van der Waals surface area contributed by atoms with Crippen molar-refractivity contribution in [2.45, 2.75) is 6.54 Å². The third-order valence-electron chi connectivity index (χ3n) is 3.81. The lowest BCUT2D eigenvalue weighted by molar-refractivity contribution is 0.210. The van der Waals surface area contributed by atoms with Crippen LogP contribution in [0.25, 0.3) is 16.9 Å². The van der Waals surface area contributed by atoms with E-state index in [9.17, 15) is 0 Å². The molecule has 0 aliphatic carbocycles. The quantitative estimate of drug-likeness (QED) is 0.677. The Morgan fingerprint density at radius 3 is 2.83 bits per heavy atom. The Labute approximate surface area is 142 Å². The van der Waals surface area contributed by atoms with E-state index in [0.717, 1.165) is 23.7 Å². The van der Waals surface area contributed by atoms with Crippen LogP contribution in [0.2, 0.25) is 0 Å². The number of nitrogens with zero attached hydrogens (tertiary/aromatic N) is 4. The molecule has 3 rings (SSSR count). The summed E-state index contributed by atoms with van der Waals surface area (Å²) in [4.78, 5) is 11.2. The highest BCUT2D eigenvalue weighted by atomic mass is 16.5. The average Bonchev–Trinajstić information content (AvgIpc) is 3.05. The standard InChI is InChI=1S/C18H23N5O/c1-22(2)13-14-6-4-5-7-15(14)16-12-21-17(19-9-11-24-3)18-20-8-10-23(16)18/h4-8,10,12H,9,11,13H2,1-3H3,(H,19,21). The van der Waals surface area contributed by atoms with Gasteiger partial charge in [0.1, 0.15) is 0 Å². The predicted molar refractivity (Wildman–Crippen MR) is 96.2 cm³/mol. The number of aromatic nitrogens is 3. The van der Waals surface area contributed by atoms with Crippen molar-refractivity contribution in [2.24, 2.45) is 0 Å². The van der Waals surface area contributed by atoms with Crippen LogP contribution in [-0.2, 0) is 11.3 Å². The van der Waals surface area contributed by atoms with E-state index in [1.54, 1.807) is 13.3 Å². The minimum Gasteiger partial charge on any atom is -0.383 e. The van der Waals surface area contributed by atoms with E-state index in [1.165, 1.54) is 11.1 Å². The van der Waals surface area contributed by atoms with Gasteiger partial charge in [-0.15, -0.1) is 0 Å². The van der Waals surface area contributed by atoms with Gasteiger partial charge in [0.25, 0.3) is 0 Å². The first kappa shape index (κ1) is 16.4. The second kappa shape index (κ2) is 7.42. The van der Waals surface area contributed by atoms with Crippen molar-refractivity contribution >= 4 is 11.5 Å². The highest BCUT2D eigenvalue weighted by Crippen LogP contribution is 2.26. The molecule has 126 valence electrons. The van der Waals surface area contributed by atoms with Crippen LogP contribution in [0.5, 0.6) is 0 Å². The SMILES string of the molecule is COCCNc1ncc(-c2ccccc2CN(C)C)n2ccnc12. The summed E-state index contributed by atoms with van der Waals surface area (Å²) in [5.74, 6) is 0.769. The van der Waals surface area contributed by atoms with Gasteiger partial charge in [-0.25, -0.2) is 9.97 Å². The fourth-order valence-corrected chi connectivity index (χ4v) is 2.76. The van der Waals surface area contributed by atoms with E-state index in [2.05, 4.69) is 62.9 Å². The number of hydrogen-bond acceptors (Lipinski definition) is 5. The summed E-state index contributed by atoms with van der Waals surface area (Å²) in [7, 11) is 5.83. The zero-order valence-electron chi connectivity index (χ0n) is 14.4. The largest absolute Gasteiger partial charge is 0.383 e. The van der Waals surface area contributed by atoms with Crippen LogP contribution in [-0.4, -0.2) is 53.6 Å². The lowest BCUT2D eigenvalue weighted by atomic mass is 10.0. The summed E-state index contributed by atoms with van der Waals surface area (Å²) >= 11 is 0. The Morgan fingerprint density at radius 2 is 2.04 bits per heavy atom. The Bertz CT molecular complexity index is 812. The van der Waals surface area contributed by atoms with Crippen LogP contribution < -0.4 is 5.32 Å². The van der Waals surface area contributed by atoms with Crippen LogP contribution in [0.1, 0.15) is 5.56 Å². The number of anilines is 1. The van der Waals surface area contributed by atoms with E-state index < -0.39 is 0 Å². The minimum absolute atomic E-state index is 0.627. The van der Waals surface area contributed by atoms with Gasteiger partial charge in [-0.2, -0.15) is 0 Å². The van der Waals surface area contributed by atoms with Gasteiger partial charge in [-0.05, 0) is 19.7 Å². The molecular weight excluding hydrogens is 302 g/mol. The zero-order chi connectivity index (χ0) is 16.9. The topological polar surface area (TPSA) is 54.7 Å². The van der Waals surface area contributed by atoms with Gasteiger partial charge in [-0.3, -0.25) is 4.40 Å². The Hall–Kier alpha value is -2.44. The molecule has 0 aliphatic rings. The first-order valence-electron chi connectivity index (χ1n) is 7.98. The molecule has 0 amide bonds. The molecule has 0 spiro atoms. The molecule has 2 heterocycles. The molecule has 0 fully saturated rings. The first-order chi connectivity index (χ1) is 11.7. The first-order valence-corrected chi connectivity index (χ1v) is 7.98. The zero-order valence-corrected chi connectivity index (χ0v) is 14.4. The van der Waals surface area contributed by atoms with E-state index in [4.69, 9.17) is 4.74 Å². The molecule has 6 heteroatoms. The number of nitrogens with one attached hydrogen (secondary N) is 1. The molecule has 0 atom stereocenters. The third-order valence-corrected chi connectivity index (χ3v) is 3.81. The van der Waals surface area contributed by atoms with E-state index in [1.807, 2.05) is 12.4 Å². The molecular formula is C18H23N5O. The van der Waals surface area contributed by atoms with Crippen LogP contribution >= 0.6 is 0 Å². The highest BCUT2D eigenvalue weighted by molar-refractivity contribution is 5.72. The van der Waals surface area contributed by atoms with E-state index in [0.29, 0.717) is 13.2 Å². The van der Waals surface area contributed by atoms with Gasteiger partial charge in [-0.1, -0.05) is 24.3 Å². The fourth-order valence-electron chi connectivity index (χ4n) is 2.76. The monoisotopic (exact) mass is 325 g/mol. The van der Waals surface area contributed by atoms with Crippen molar-refractivity contribution in [3.63, 3.8) is 0 Å². The summed E-state index contributed by atoms with van der Waals surface area (Å²) < 4.78 is 7.16. The van der Waals surface area contributed by atoms with Crippen molar-refractivity contribution < 1.29 is 4.74 Å². The van der Waals surface area contributed by atoms with Gasteiger partial charge in [0.15, 0.2) is 11.5 Å². The number of fused-ring (bicyclic) bond motifs is 1. The molecule has 2 aromatic heterocycles. The second-order valence-electron chi connectivity index (χ2n) is 5.93. The number of imidazole rings is 1. The smallest absolute Gasteiger partial charge is 0.180 e. The van der Waals surface area contributed by atoms with Gasteiger partial charge in [0.05, 0.1) is 18.5 Å². The number of benzene rings is 1. The van der Waals surface area contributed by atoms with Crippen molar-refractivity contribution in [3.05, 3.63) is 48.4 Å². The maximum Gasteiger partial charge on any atom is 0.180 e.